The monoisotopic (exact) mass is 334 g/mol. The summed E-state index contributed by atoms with van der Waals surface area (Å²) in [5.74, 6) is 0.619. The number of nitrogens with one attached hydrogen (secondary N) is 1. The minimum atomic E-state index is 0.619. The van der Waals surface area contributed by atoms with Gasteiger partial charge in [0.15, 0.2) is 0 Å². The van der Waals surface area contributed by atoms with Crippen LogP contribution < -0.4 is 8.43 Å². The van der Waals surface area contributed by atoms with Crippen molar-refractivity contribution in [2.75, 3.05) is 22.7 Å². The summed E-state index contributed by atoms with van der Waals surface area (Å²) in [7, 11) is 0. The van der Waals surface area contributed by atoms with Crippen molar-refractivity contribution >= 4 is 40.2 Å². The zero-order valence-electron chi connectivity index (χ0n) is 8.26. The molecule has 0 spiro atoms. The highest BCUT2D eigenvalue weighted by Crippen LogP contribution is 2.45. The zero-order chi connectivity index (χ0) is 10.4. The van der Waals surface area contributed by atoms with Gasteiger partial charge >= 0.3 is 0 Å². The number of anilines is 1. The van der Waals surface area contributed by atoms with Crippen LogP contribution in [0.25, 0.3) is 0 Å². The molecular weight excluding hydrogens is 322 g/mol. The molecule has 0 saturated carbocycles. The van der Waals surface area contributed by atoms with Gasteiger partial charge in [-0.25, -0.2) is 0 Å². The second kappa shape index (κ2) is 3.79. The van der Waals surface area contributed by atoms with Gasteiger partial charge < -0.3 is 8.43 Å². The standard InChI is InChI=1S/C11H12ClIN2/c12-9-2-1-7-3-4-14-5-8-6-15(13)11(9)10(7)8/h1-2,8,14H,3-6H2/t8-/m0/s1. The van der Waals surface area contributed by atoms with Crippen LogP contribution in [0.15, 0.2) is 12.1 Å². The molecule has 1 aromatic carbocycles. The average molecular weight is 335 g/mol. The third-order valence-corrected chi connectivity index (χ3v) is 4.43. The average Bonchev–Trinajstić information content (AvgIpc) is 2.43. The van der Waals surface area contributed by atoms with E-state index in [0.717, 1.165) is 31.1 Å². The lowest BCUT2D eigenvalue weighted by Crippen LogP contribution is -2.22. The minimum absolute atomic E-state index is 0.619. The predicted octanol–water partition coefficient (Wildman–Crippen LogP) is 2.74. The van der Waals surface area contributed by atoms with Crippen LogP contribution >= 0.6 is 34.5 Å². The molecular formula is C11H12ClIN2. The molecule has 0 amide bonds. The summed E-state index contributed by atoms with van der Waals surface area (Å²) in [6.45, 7) is 3.26. The van der Waals surface area contributed by atoms with E-state index in [9.17, 15) is 0 Å². The highest BCUT2D eigenvalue weighted by atomic mass is 127. The molecule has 0 unspecified atom stereocenters. The molecule has 2 aliphatic heterocycles. The molecule has 15 heavy (non-hydrogen) atoms. The quantitative estimate of drug-likeness (QED) is 0.580. The fourth-order valence-electron chi connectivity index (χ4n) is 2.59. The van der Waals surface area contributed by atoms with Crippen LogP contribution in [0.5, 0.6) is 0 Å². The lowest BCUT2D eigenvalue weighted by Gasteiger charge is -2.12. The van der Waals surface area contributed by atoms with Gasteiger partial charge in [-0.1, -0.05) is 17.7 Å². The molecule has 0 fully saturated rings. The van der Waals surface area contributed by atoms with Crippen molar-refractivity contribution in [1.82, 2.24) is 5.32 Å². The van der Waals surface area contributed by atoms with Crippen LogP contribution in [0.4, 0.5) is 5.69 Å². The maximum absolute atomic E-state index is 6.27. The highest BCUT2D eigenvalue weighted by Gasteiger charge is 2.32. The second-order valence-corrected chi connectivity index (χ2v) is 5.74. The summed E-state index contributed by atoms with van der Waals surface area (Å²) in [6, 6.07) is 4.23. The van der Waals surface area contributed by atoms with Crippen molar-refractivity contribution in [3.63, 3.8) is 0 Å². The highest BCUT2D eigenvalue weighted by molar-refractivity contribution is 14.1. The van der Waals surface area contributed by atoms with Crippen molar-refractivity contribution in [2.45, 2.75) is 12.3 Å². The number of hydrogen-bond donors (Lipinski definition) is 1. The van der Waals surface area contributed by atoms with Gasteiger partial charge in [-0.2, -0.15) is 0 Å². The van der Waals surface area contributed by atoms with Crippen LogP contribution in [0.3, 0.4) is 0 Å². The Labute approximate surface area is 108 Å². The van der Waals surface area contributed by atoms with E-state index in [-0.39, 0.29) is 0 Å². The molecule has 4 heteroatoms. The van der Waals surface area contributed by atoms with E-state index in [0.29, 0.717) is 5.92 Å². The van der Waals surface area contributed by atoms with Gasteiger partial charge in [-0.3, -0.25) is 0 Å². The topological polar surface area (TPSA) is 15.3 Å². The van der Waals surface area contributed by atoms with Gasteiger partial charge in [0.1, 0.15) is 0 Å². The Hall–Kier alpha value is -0.0000000000000000763. The van der Waals surface area contributed by atoms with Crippen molar-refractivity contribution in [3.8, 4) is 0 Å². The van der Waals surface area contributed by atoms with Gasteiger partial charge in [0.05, 0.1) is 33.6 Å². The molecule has 2 aliphatic rings. The number of rotatable bonds is 0. The fraction of sp³-hybridized carbons (Fsp3) is 0.455. The smallest absolute Gasteiger partial charge is 0.0682 e. The van der Waals surface area contributed by atoms with Gasteiger partial charge in [-0.15, -0.1) is 0 Å². The molecule has 2 heterocycles. The Balaban J connectivity index is 2.22. The second-order valence-electron chi connectivity index (χ2n) is 4.16. The van der Waals surface area contributed by atoms with E-state index in [2.05, 4.69) is 37.4 Å². The maximum atomic E-state index is 6.27. The Morgan fingerprint density at radius 2 is 2.33 bits per heavy atom. The zero-order valence-corrected chi connectivity index (χ0v) is 11.2. The summed E-state index contributed by atoms with van der Waals surface area (Å²) < 4.78 is 2.26. The molecule has 2 nitrogen and oxygen atoms in total. The normalized spacial score (nSPS) is 23.9. The SMILES string of the molecule is Clc1ccc2c3c1N(I)C[C@@H]3CNCC2. The van der Waals surface area contributed by atoms with E-state index in [1.807, 2.05) is 6.07 Å². The van der Waals surface area contributed by atoms with Crippen molar-refractivity contribution in [3.05, 3.63) is 28.3 Å². The van der Waals surface area contributed by atoms with E-state index >= 15 is 0 Å². The Morgan fingerprint density at radius 1 is 1.47 bits per heavy atom. The molecule has 1 N–H and O–H groups in total. The summed E-state index contributed by atoms with van der Waals surface area (Å²) in [4.78, 5) is 0. The molecule has 1 atom stereocenters. The van der Waals surface area contributed by atoms with E-state index in [4.69, 9.17) is 11.6 Å². The van der Waals surface area contributed by atoms with Crippen LogP contribution in [0, 0.1) is 0 Å². The third kappa shape index (κ3) is 1.56. The van der Waals surface area contributed by atoms with E-state index in [1.54, 1.807) is 0 Å². The van der Waals surface area contributed by atoms with E-state index < -0.39 is 0 Å². The maximum Gasteiger partial charge on any atom is 0.0682 e. The van der Waals surface area contributed by atoms with Crippen molar-refractivity contribution in [1.29, 1.82) is 0 Å². The first-order chi connectivity index (χ1) is 7.27. The lowest BCUT2D eigenvalue weighted by molar-refractivity contribution is 0.635. The number of benzene rings is 1. The first-order valence-corrected chi connectivity index (χ1v) is 6.57. The number of halogens is 2. The minimum Gasteiger partial charge on any atom is -0.316 e. The summed E-state index contributed by atoms with van der Waals surface area (Å²) >= 11 is 8.64. The van der Waals surface area contributed by atoms with Crippen LogP contribution in [-0.4, -0.2) is 19.6 Å². The molecule has 0 bridgehead atoms. The third-order valence-electron chi connectivity index (χ3n) is 3.25. The molecule has 0 aromatic heterocycles. The Kier molecular flexibility index (Phi) is 2.57. The summed E-state index contributed by atoms with van der Waals surface area (Å²) in [6.07, 6.45) is 1.13. The van der Waals surface area contributed by atoms with Crippen molar-refractivity contribution < 1.29 is 0 Å². The van der Waals surface area contributed by atoms with Gasteiger partial charge in [-0.05, 0) is 30.2 Å². The number of nitrogens with zero attached hydrogens (tertiary/aromatic N) is 1. The Bertz CT molecular complexity index is 408. The summed E-state index contributed by atoms with van der Waals surface area (Å²) in [5, 5.41) is 4.39. The first-order valence-electron chi connectivity index (χ1n) is 5.22. The van der Waals surface area contributed by atoms with Gasteiger partial charge in [0.25, 0.3) is 0 Å². The summed E-state index contributed by atoms with van der Waals surface area (Å²) in [5.41, 5.74) is 4.22. The van der Waals surface area contributed by atoms with Crippen LogP contribution in [0.1, 0.15) is 17.0 Å². The van der Waals surface area contributed by atoms with Crippen LogP contribution in [-0.2, 0) is 6.42 Å². The first kappa shape index (κ1) is 10.2. The Morgan fingerprint density at radius 3 is 3.20 bits per heavy atom. The van der Waals surface area contributed by atoms with E-state index in [1.165, 1.54) is 16.8 Å². The molecule has 3 rings (SSSR count). The number of hydrogen-bond acceptors (Lipinski definition) is 2. The molecule has 0 aliphatic carbocycles. The largest absolute Gasteiger partial charge is 0.316 e. The molecule has 0 radical (unpaired) electrons. The predicted molar refractivity (Wildman–Crippen MR) is 72.1 cm³/mol. The fourth-order valence-corrected chi connectivity index (χ4v) is 3.99. The van der Waals surface area contributed by atoms with Gasteiger partial charge in [0, 0.05) is 19.0 Å². The molecule has 1 aromatic rings. The molecule has 0 saturated heterocycles. The lowest BCUT2D eigenvalue weighted by atomic mass is 9.95. The molecule has 80 valence electrons. The van der Waals surface area contributed by atoms with Crippen LogP contribution in [0.2, 0.25) is 5.02 Å². The van der Waals surface area contributed by atoms with Gasteiger partial charge in [0.2, 0.25) is 0 Å². The van der Waals surface area contributed by atoms with Crippen molar-refractivity contribution in [2.24, 2.45) is 0 Å².